The van der Waals surface area contributed by atoms with Crippen LogP contribution < -0.4 is 10.7 Å². The molecule has 0 saturated carbocycles. The summed E-state index contributed by atoms with van der Waals surface area (Å²) in [5.41, 5.74) is 2.83. The third-order valence-electron chi connectivity index (χ3n) is 2.77. The lowest BCUT2D eigenvalue weighted by Crippen LogP contribution is -2.32. The first-order chi connectivity index (χ1) is 11.5. The van der Waals surface area contributed by atoms with E-state index in [-0.39, 0.29) is 5.69 Å². The highest BCUT2D eigenvalue weighted by Crippen LogP contribution is 2.14. The van der Waals surface area contributed by atoms with Gasteiger partial charge in [-0.25, -0.2) is 5.43 Å². The predicted octanol–water partition coefficient (Wildman–Crippen LogP) is 2.45. The van der Waals surface area contributed by atoms with Crippen molar-refractivity contribution < 1.29 is 14.5 Å². The van der Waals surface area contributed by atoms with Gasteiger partial charge in [-0.05, 0) is 24.3 Å². The second-order valence-electron chi connectivity index (χ2n) is 4.51. The molecule has 0 bridgehead atoms. The van der Waals surface area contributed by atoms with Gasteiger partial charge in [-0.15, -0.1) is 0 Å². The number of carbonyl (C=O) groups is 2. The van der Waals surface area contributed by atoms with Gasteiger partial charge in [0.25, 0.3) is 5.69 Å². The molecule has 2 rings (SSSR count). The third-order valence-corrected chi connectivity index (χ3v) is 3.30. The van der Waals surface area contributed by atoms with Crippen LogP contribution in [-0.2, 0) is 9.59 Å². The van der Waals surface area contributed by atoms with Gasteiger partial charge in [0, 0.05) is 27.9 Å². The average molecular weight is 391 g/mol. The number of carbonyl (C=O) groups excluding carboxylic acids is 2. The Balaban J connectivity index is 1.92. The minimum absolute atomic E-state index is 0.0988. The summed E-state index contributed by atoms with van der Waals surface area (Å²) in [6.07, 6.45) is 1.21. The van der Waals surface area contributed by atoms with E-state index in [1.54, 1.807) is 30.3 Å². The van der Waals surface area contributed by atoms with Crippen molar-refractivity contribution in [3.05, 3.63) is 68.7 Å². The molecule has 2 amide bonds. The molecule has 0 aliphatic carbocycles. The zero-order valence-corrected chi connectivity index (χ0v) is 13.7. The summed E-state index contributed by atoms with van der Waals surface area (Å²) in [6.45, 7) is 0. The fourth-order valence-corrected chi connectivity index (χ4v) is 1.92. The Morgan fingerprint density at radius 2 is 1.83 bits per heavy atom. The van der Waals surface area contributed by atoms with Crippen LogP contribution in [0.25, 0.3) is 0 Å². The van der Waals surface area contributed by atoms with Crippen LogP contribution in [0.15, 0.2) is 58.1 Å². The Morgan fingerprint density at radius 3 is 2.50 bits per heavy atom. The number of non-ortho nitro benzene ring substituents is 1. The Labute approximate surface area is 144 Å². The van der Waals surface area contributed by atoms with E-state index in [0.29, 0.717) is 11.3 Å². The van der Waals surface area contributed by atoms with Crippen molar-refractivity contribution in [1.29, 1.82) is 0 Å². The molecule has 2 aromatic rings. The van der Waals surface area contributed by atoms with Crippen molar-refractivity contribution in [2.24, 2.45) is 5.10 Å². The van der Waals surface area contributed by atoms with E-state index in [2.05, 4.69) is 31.8 Å². The van der Waals surface area contributed by atoms with Gasteiger partial charge in [-0.3, -0.25) is 19.7 Å². The van der Waals surface area contributed by atoms with Gasteiger partial charge in [0.05, 0.1) is 11.1 Å². The SMILES string of the molecule is O=C(N/N=C/c1cccc([N+](=O)[O-])c1)C(=O)Nc1ccc(Br)cc1. The molecule has 0 aromatic heterocycles. The molecule has 9 heteroatoms. The van der Waals surface area contributed by atoms with E-state index in [0.717, 1.165) is 4.47 Å². The van der Waals surface area contributed by atoms with Crippen LogP contribution in [0.3, 0.4) is 0 Å². The summed E-state index contributed by atoms with van der Waals surface area (Å²) < 4.78 is 0.839. The maximum Gasteiger partial charge on any atom is 0.329 e. The number of anilines is 1. The van der Waals surface area contributed by atoms with Crippen LogP contribution in [0.4, 0.5) is 11.4 Å². The summed E-state index contributed by atoms with van der Waals surface area (Å²) >= 11 is 3.26. The zero-order valence-electron chi connectivity index (χ0n) is 12.1. The van der Waals surface area contributed by atoms with Gasteiger partial charge in [0.2, 0.25) is 0 Å². The molecule has 0 fully saturated rings. The van der Waals surface area contributed by atoms with Crippen LogP contribution in [0, 0.1) is 10.1 Å². The fourth-order valence-electron chi connectivity index (χ4n) is 1.66. The van der Waals surface area contributed by atoms with Crippen molar-refractivity contribution in [3.63, 3.8) is 0 Å². The number of benzene rings is 2. The first kappa shape index (κ1) is 17.3. The monoisotopic (exact) mass is 390 g/mol. The summed E-state index contributed by atoms with van der Waals surface area (Å²) in [4.78, 5) is 33.4. The number of nitrogens with zero attached hydrogens (tertiary/aromatic N) is 2. The van der Waals surface area contributed by atoms with Gasteiger partial charge >= 0.3 is 11.8 Å². The summed E-state index contributed by atoms with van der Waals surface area (Å²) in [5.74, 6) is -1.84. The number of halogens is 1. The molecule has 0 aliphatic rings. The molecule has 2 N–H and O–H groups in total. The van der Waals surface area contributed by atoms with Crippen molar-refractivity contribution in [2.45, 2.75) is 0 Å². The molecule has 0 aliphatic heterocycles. The molecule has 0 radical (unpaired) electrons. The molecule has 0 unspecified atom stereocenters. The van der Waals surface area contributed by atoms with Gasteiger partial charge in [0.15, 0.2) is 0 Å². The van der Waals surface area contributed by atoms with E-state index in [4.69, 9.17) is 0 Å². The third kappa shape index (κ3) is 4.99. The van der Waals surface area contributed by atoms with Crippen molar-refractivity contribution in [1.82, 2.24) is 5.43 Å². The first-order valence-electron chi connectivity index (χ1n) is 6.60. The fraction of sp³-hybridized carbons (Fsp3) is 0. The number of nitro benzene ring substituents is 1. The molecule has 0 heterocycles. The molecular formula is C15H11BrN4O4. The number of amides is 2. The average Bonchev–Trinajstić information content (AvgIpc) is 2.57. The number of nitrogens with one attached hydrogen (secondary N) is 2. The first-order valence-corrected chi connectivity index (χ1v) is 7.39. The lowest BCUT2D eigenvalue weighted by molar-refractivity contribution is -0.384. The number of rotatable bonds is 4. The Hall–Kier alpha value is -3.07. The molecule has 24 heavy (non-hydrogen) atoms. The van der Waals surface area contributed by atoms with Crippen LogP contribution in [0.2, 0.25) is 0 Å². The van der Waals surface area contributed by atoms with Crippen molar-refractivity contribution in [3.8, 4) is 0 Å². The largest absolute Gasteiger partial charge is 0.329 e. The van der Waals surface area contributed by atoms with E-state index >= 15 is 0 Å². The van der Waals surface area contributed by atoms with Crippen LogP contribution >= 0.6 is 15.9 Å². The molecule has 122 valence electrons. The molecule has 0 atom stereocenters. The highest BCUT2D eigenvalue weighted by atomic mass is 79.9. The van der Waals surface area contributed by atoms with Gasteiger partial charge < -0.3 is 5.32 Å². The smallest absolute Gasteiger partial charge is 0.318 e. The predicted molar refractivity (Wildman–Crippen MR) is 91.6 cm³/mol. The lowest BCUT2D eigenvalue weighted by atomic mass is 10.2. The topological polar surface area (TPSA) is 114 Å². The molecule has 2 aromatic carbocycles. The number of hydrogen-bond acceptors (Lipinski definition) is 5. The second-order valence-corrected chi connectivity index (χ2v) is 5.43. The minimum Gasteiger partial charge on any atom is -0.318 e. The Kier molecular flexibility index (Phi) is 5.74. The van der Waals surface area contributed by atoms with E-state index in [1.807, 2.05) is 0 Å². The normalized spacial score (nSPS) is 10.4. The van der Waals surface area contributed by atoms with Crippen LogP contribution in [0.5, 0.6) is 0 Å². The molecule has 0 saturated heterocycles. The highest BCUT2D eigenvalue weighted by molar-refractivity contribution is 9.10. The van der Waals surface area contributed by atoms with Crippen molar-refractivity contribution >= 4 is 45.3 Å². The van der Waals surface area contributed by atoms with Crippen LogP contribution in [0.1, 0.15) is 5.56 Å². The van der Waals surface area contributed by atoms with E-state index in [1.165, 1.54) is 24.4 Å². The number of hydrogen-bond donors (Lipinski definition) is 2. The zero-order chi connectivity index (χ0) is 17.5. The number of hydrazone groups is 1. The van der Waals surface area contributed by atoms with Crippen molar-refractivity contribution in [2.75, 3.05) is 5.32 Å². The standard InChI is InChI=1S/C15H11BrN4O4/c16-11-4-6-12(7-5-11)18-14(21)15(22)19-17-9-10-2-1-3-13(8-10)20(23)24/h1-9H,(H,18,21)(H,19,22)/b17-9+. The molecular weight excluding hydrogens is 380 g/mol. The van der Waals surface area contributed by atoms with Gasteiger partial charge in [-0.1, -0.05) is 28.1 Å². The van der Waals surface area contributed by atoms with E-state index in [9.17, 15) is 19.7 Å². The highest BCUT2D eigenvalue weighted by Gasteiger charge is 2.12. The molecule has 8 nitrogen and oxygen atoms in total. The second kappa shape index (κ2) is 7.97. The quantitative estimate of drug-likeness (QED) is 0.361. The summed E-state index contributed by atoms with van der Waals surface area (Å²) in [7, 11) is 0. The minimum atomic E-state index is -0.959. The summed E-state index contributed by atoms with van der Waals surface area (Å²) in [6, 6.07) is 12.4. The number of nitro groups is 1. The Morgan fingerprint density at radius 1 is 1.12 bits per heavy atom. The van der Waals surface area contributed by atoms with Gasteiger partial charge in [0.1, 0.15) is 0 Å². The lowest BCUT2D eigenvalue weighted by Gasteiger charge is -2.03. The Bertz CT molecular complexity index is 805. The maximum absolute atomic E-state index is 11.7. The van der Waals surface area contributed by atoms with E-state index < -0.39 is 16.7 Å². The summed E-state index contributed by atoms with van der Waals surface area (Å²) in [5, 5.41) is 16.7. The van der Waals surface area contributed by atoms with Gasteiger partial charge in [-0.2, -0.15) is 5.10 Å². The van der Waals surface area contributed by atoms with Crippen LogP contribution in [-0.4, -0.2) is 23.0 Å². The molecule has 0 spiro atoms. The maximum atomic E-state index is 11.7.